The van der Waals surface area contributed by atoms with Gasteiger partial charge in [-0.1, -0.05) is 41.4 Å². The first-order chi connectivity index (χ1) is 9.11. The Morgan fingerprint density at radius 1 is 1.11 bits per heavy atom. The SMILES string of the molecule is CCCc1ccc(N(C)c2ccc(Br)cc2N)cc1. The highest BCUT2D eigenvalue weighted by Crippen LogP contribution is 2.31. The fourth-order valence-corrected chi connectivity index (χ4v) is 2.52. The van der Waals surface area contributed by atoms with Gasteiger partial charge in [-0.15, -0.1) is 0 Å². The fourth-order valence-electron chi connectivity index (χ4n) is 2.14. The van der Waals surface area contributed by atoms with Crippen molar-refractivity contribution in [3.8, 4) is 0 Å². The summed E-state index contributed by atoms with van der Waals surface area (Å²) in [6.07, 6.45) is 2.30. The number of nitrogens with two attached hydrogens (primary N) is 1. The van der Waals surface area contributed by atoms with E-state index in [9.17, 15) is 0 Å². The van der Waals surface area contributed by atoms with Crippen LogP contribution in [0.25, 0.3) is 0 Å². The highest BCUT2D eigenvalue weighted by Gasteiger charge is 2.07. The summed E-state index contributed by atoms with van der Waals surface area (Å²) < 4.78 is 1.00. The number of halogens is 1. The number of hydrogen-bond acceptors (Lipinski definition) is 2. The second-order valence-corrected chi connectivity index (χ2v) is 5.59. The van der Waals surface area contributed by atoms with Gasteiger partial charge in [0.25, 0.3) is 0 Å². The highest BCUT2D eigenvalue weighted by molar-refractivity contribution is 9.10. The van der Waals surface area contributed by atoms with Crippen molar-refractivity contribution in [2.45, 2.75) is 19.8 Å². The number of nitrogen functional groups attached to an aromatic ring is 1. The third kappa shape index (κ3) is 3.29. The molecule has 2 rings (SSSR count). The molecule has 2 nitrogen and oxygen atoms in total. The maximum absolute atomic E-state index is 6.07. The Bertz CT molecular complexity index is 549. The van der Waals surface area contributed by atoms with Gasteiger partial charge in [-0.3, -0.25) is 0 Å². The predicted molar refractivity (Wildman–Crippen MR) is 87.1 cm³/mol. The van der Waals surface area contributed by atoms with Crippen LogP contribution in [-0.2, 0) is 6.42 Å². The molecule has 100 valence electrons. The molecule has 2 aromatic rings. The van der Waals surface area contributed by atoms with Crippen molar-refractivity contribution in [3.63, 3.8) is 0 Å². The number of nitrogens with zero attached hydrogens (tertiary/aromatic N) is 1. The lowest BCUT2D eigenvalue weighted by Gasteiger charge is -2.21. The van der Waals surface area contributed by atoms with Gasteiger partial charge in [0, 0.05) is 17.2 Å². The molecule has 2 N–H and O–H groups in total. The predicted octanol–water partition coefficient (Wildman–Crippen LogP) is 4.75. The average Bonchev–Trinajstić information content (AvgIpc) is 2.39. The number of hydrogen-bond donors (Lipinski definition) is 1. The van der Waals surface area contributed by atoms with E-state index in [-0.39, 0.29) is 0 Å². The van der Waals surface area contributed by atoms with E-state index in [0.717, 1.165) is 28.0 Å². The summed E-state index contributed by atoms with van der Waals surface area (Å²) in [5, 5.41) is 0. The summed E-state index contributed by atoms with van der Waals surface area (Å²) in [5.41, 5.74) is 10.4. The minimum Gasteiger partial charge on any atom is -0.397 e. The summed E-state index contributed by atoms with van der Waals surface area (Å²) in [5.74, 6) is 0. The van der Waals surface area contributed by atoms with Crippen LogP contribution >= 0.6 is 15.9 Å². The Morgan fingerprint density at radius 2 is 1.79 bits per heavy atom. The third-order valence-electron chi connectivity index (χ3n) is 3.21. The molecular formula is C16H19BrN2. The number of benzene rings is 2. The molecular weight excluding hydrogens is 300 g/mol. The van der Waals surface area contributed by atoms with Gasteiger partial charge in [-0.05, 0) is 42.3 Å². The van der Waals surface area contributed by atoms with Gasteiger partial charge < -0.3 is 10.6 Å². The quantitative estimate of drug-likeness (QED) is 0.824. The molecule has 0 bridgehead atoms. The van der Waals surface area contributed by atoms with Crippen LogP contribution in [0.1, 0.15) is 18.9 Å². The second kappa shape index (κ2) is 6.11. The van der Waals surface area contributed by atoms with E-state index in [4.69, 9.17) is 5.73 Å². The van der Waals surface area contributed by atoms with Crippen LogP contribution in [0.2, 0.25) is 0 Å². The molecule has 0 saturated heterocycles. The first kappa shape index (κ1) is 13.9. The van der Waals surface area contributed by atoms with Crippen LogP contribution in [0.4, 0.5) is 17.1 Å². The second-order valence-electron chi connectivity index (χ2n) is 4.68. The maximum atomic E-state index is 6.07. The first-order valence-corrected chi connectivity index (χ1v) is 7.29. The van der Waals surface area contributed by atoms with Gasteiger partial charge >= 0.3 is 0 Å². The van der Waals surface area contributed by atoms with Crippen LogP contribution in [0.5, 0.6) is 0 Å². The Kier molecular flexibility index (Phi) is 4.48. The molecule has 0 amide bonds. The van der Waals surface area contributed by atoms with Gasteiger partial charge in [-0.25, -0.2) is 0 Å². The molecule has 0 radical (unpaired) electrons. The molecule has 0 aliphatic rings. The van der Waals surface area contributed by atoms with Crippen molar-refractivity contribution in [1.29, 1.82) is 0 Å². The third-order valence-corrected chi connectivity index (χ3v) is 3.71. The van der Waals surface area contributed by atoms with Crippen molar-refractivity contribution in [1.82, 2.24) is 0 Å². The van der Waals surface area contributed by atoms with Gasteiger partial charge in [0.15, 0.2) is 0 Å². The van der Waals surface area contributed by atoms with E-state index < -0.39 is 0 Å². The first-order valence-electron chi connectivity index (χ1n) is 6.49. The molecule has 0 fully saturated rings. The van der Waals surface area contributed by atoms with Gasteiger partial charge in [0.1, 0.15) is 0 Å². The van der Waals surface area contributed by atoms with Crippen molar-refractivity contribution in [3.05, 3.63) is 52.5 Å². The molecule has 0 aliphatic carbocycles. The van der Waals surface area contributed by atoms with Crippen molar-refractivity contribution in [2.24, 2.45) is 0 Å². The van der Waals surface area contributed by atoms with Crippen LogP contribution in [0.3, 0.4) is 0 Å². The zero-order valence-electron chi connectivity index (χ0n) is 11.4. The number of rotatable bonds is 4. The molecule has 19 heavy (non-hydrogen) atoms. The van der Waals surface area contributed by atoms with Gasteiger partial charge in [0.05, 0.1) is 11.4 Å². The molecule has 0 aliphatic heterocycles. The van der Waals surface area contributed by atoms with E-state index in [2.05, 4.69) is 52.0 Å². The van der Waals surface area contributed by atoms with Gasteiger partial charge in [-0.2, -0.15) is 0 Å². The fraction of sp³-hybridized carbons (Fsp3) is 0.250. The molecule has 3 heteroatoms. The zero-order valence-corrected chi connectivity index (χ0v) is 12.9. The van der Waals surface area contributed by atoms with Gasteiger partial charge in [0.2, 0.25) is 0 Å². The van der Waals surface area contributed by atoms with Crippen molar-refractivity contribution >= 4 is 33.0 Å². The zero-order chi connectivity index (χ0) is 13.8. The number of anilines is 3. The summed E-state index contributed by atoms with van der Waals surface area (Å²) in [7, 11) is 2.04. The van der Waals surface area contributed by atoms with E-state index >= 15 is 0 Å². The average molecular weight is 319 g/mol. The van der Waals surface area contributed by atoms with Crippen molar-refractivity contribution in [2.75, 3.05) is 17.7 Å². The lowest BCUT2D eigenvalue weighted by Crippen LogP contribution is -2.11. The summed E-state index contributed by atoms with van der Waals surface area (Å²) >= 11 is 3.43. The maximum Gasteiger partial charge on any atom is 0.0642 e. The van der Waals surface area contributed by atoms with E-state index in [0.29, 0.717) is 0 Å². The molecule has 0 atom stereocenters. The monoisotopic (exact) mass is 318 g/mol. The Balaban J connectivity index is 2.25. The van der Waals surface area contributed by atoms with E-state index in [1.807, 2.05) is 25.2 Å². The molecule has 0 saturated carbocycles. The molecule has 0 heterocycles. The number of aryl methyl sites for hydroxylation is 1. The topological polar surface area (TPSA) is 29.3 Å². The minimum atomic E-state index is 0.773. The summed E-state index contributed by atoms with van der Waals surface area (Å²) in [6.45, 7) is 2.20. The largest absolute Gasteiger partial charge is 0.397 e. The summed E-state index contributed by atoms with van der Waals surface area (Å²) in [6, 6.07) is 14.6. The van der Waals surface area contributed by atoms with Crippen molar-refractivity contribution < 1.29 is 0 Å². The smallest absolute Gasteiger partial charge is 0.0642 e. The summed E-state index contributed by atoms with van der Waals surface area (Å²) in [4.78, 5) is 2.11. The van der Waals surface area contributed by atoms with Crippen LogP contribution in [-0.4, -0.2) is 7.05 Å². The van der Waals surface area contributed by atoms with E-state index in [1.54, 1.807) is 0 Å². The standard InChI is InChI=1S/C16H19BrN2/c1-3-4-12-5-8-14(9-6-12)19(2)16-10-7-13(17)11-15(16)18/h5-11H,3-4,18H2,1-2H3. The minimum absolute atomic E-state index is 0.773. The molecule has 2 aromatic carbocycles. The van der Waals surface area contributed by atoms with Crippen LogP contribution < -0.4 is 10.6 Å². The lowest BCUT2D eigenvalue weighted by molar-refractivity contribution is 0.921. The normalized spacial score (nSPS) is 10.5. The highest BCUT2D eigenvalue weighted by atomic mass is 79.9. The molecule has 0 unspecified atom stereocenters. The lowest BCUT2D eigenvalue weighted by atomic mass is 10.1. The van der Waals surface area contributed by atoms with Crippen LogP contribution in [0, 0.1) is 0 Å². The molecule has 0 aromatic heterocycles. The Morgan fingerprint density at radius 3 is 2.37 bits per heavy atom. The molecule has 0 spiro atoms. The Hall–Kier alpha value is -1.48. The van der Waals surface area contributed by atoms with Crippen LogP contribution in [0.15, 0.2) is 46.9 Å². The van der Waals surface area contributed by atoms with E-state index in [1.165, 1.54) is 12.0 Å². The Labute approximate surface area is 123 Å².